The zero-order valence-corrected chi connectivity index (χ0v) is 28.3. The Bertz CT molecular complexity index is 1020. The van der Waals surface area contributed by atoms with Crippen LogP contribution in [0.4, 0.5) is 0 Å². The number of carbonyl (C=O) groups is 4. The molecule has 0 saturated carbocycles. The molecule has 3 rings (SSSR count). The number of amides is 4. The Labute approximate surface area is 258 Å². The zero-order valence-electron chi connectivity index (χ0n) is 27.4. The van der Waals surface area contributed by atoms with Crippen LogP contribution in [0.5, 0.6) is 0 Å². The lowest BCUT2D eigenvalue weighted by atomic mass is 9.84. The van der Waals surface area contributed by atoms with E-state index in [4.69, 9.17) is 0 Å². The Morgan fingerprint density at radius 3 is 2.19 bits per heavy atom. The summed E-state index contributed by atoms with van der Waals surface area (Å²) in [6.07, 6.45) is 6.25. The molecule has 3 aliphatic heterocycles. The maximum absolute atomic E-state index is 14.1. The minimum atomic E-state index is -0.712. The second-order valence-electron chi connectivity index (χ2n) is 14.0. The Kier molecular flexibility index (Phi) is 12.0. The van der Waals surface area contributed by atoms with E-state index in [2.05, 4.69) is 24.1 Å². The largest absolute Gasteiger partial charge is 0.342 e. The van der Waals surface area contributed by atoms with Gasteiger partial charge in [-0.3, -0.25) is 24.1 Å². The number of hydrogen-bond acceptors (Lipinski definition) is 6. The van der Waals surface area contributed by atoms with E-state index in [1.807, 2.05) is 45.6 Å². The first-order chi connectivity index (χ1) is 19.6. The summed E-state index contributed by atoms with van der Waals surface area (Å²) in [7, 11) is 1.76. The van der Waals surface area contributed by atoms with E-state index < -0.39 is 17.5 Å². The van der Waals surface area contributed by atoms with Gasteiger partial charge in [-0.2, -0.15) is 0 Å². The number of carbonyl (C=O) groups excluding carboxylic acids is 4. The van der Waals surface area contributed by atoms with Crippen LogP contribution in [0.15, 0.2) is 11.6 Å². The average molecular weight is 606 g/mol. The van der Waals surface area contributed by atoms with Crippen molar-refractivity contribution in [2.75, 3.05) is 38.3 Å². The minimum Gasteiger partial charge on any atom is -0.342 e. The fourth-order valence-corrected chi connectivity index (χ4v) is 7.42. The van der Waals surface area contributed by atoms with Gasteiger partial charge in [-0.05, 0) is 64.3 Å². The van der Waals surface area contributed by atoms with Gasteiger partial charge in [0.05, 0.1) is 18.0 Å². The van der Waals surface area contributed by atoms with Gasteiger partial charge in [-0.1, -0.05) is 47.1 Å². The molecule has 3 saturated heterocycles. The molecule has 42 heavy (non-hydrogen) atoms. The Balaban J connectivity index is 1.78. The van der Waals surface area contributed by atoms with Crippen LogP contribution < -0.4 is 5.32 Å². The molecule has 3 heterocycles. The molecule has 0 aromatic heterocycles. The molecule has 0 aliphatic carbocycles. The summed E-state index contributed by atoms with van der Waals surface area (Å²) < 4.78 is 0. The number of likely N-dealkylation sites (N-methyl/N-ethyl adjacent to an activating group) is 1. The lowest BCUT2D eigenvalue weighted by Gasteiger charge is -2.41. The summed E-state index contributed by atoms with van der Waals surface area (Å²) in [4.78, 5) is 62.0. The minimum absolute atomic E-state index is 0.0328. The lowest BCUT2D eigenvalue weighted by molar-refractivity contribution is -0.142. The van der Waals surface area contributed by atoms with Crippen molar-refractivity contribution in [3.05, 3.63) is 11.6 Å². The van der Waals surface area contributed by atoms with Gasteiger partial charge in [-0.25, -0.2) is 0 Å². The van der Waals surface area contributed by atoms with Crippen LogP contribution in [0.3, 0.4) is 0 Å². The standard InChI is InChI=1S/C32H55N5O4S/c1-21(2)26(19-23(5)29(39)37-16-12-14-25(37)30(40)35-17-18-42-20-35)34(9)31(41)27(32(6,7)8)33-28(38)24-13-10-11-15-36(24)22(3)4/h19,21-22,24-27H,10-18,20H2,1-9H3,(H,33,38)/b23-19+/t24?,25?,26-,27?/m1/s1. The first-order valence-corrected chi connectivity index (χ1v) is 17.0. The highest BCUT2D eigenvalue weighted by molar-refractivity contribution is 7.99. The molecule has 3 fully saturated rings. The fourth-order valence-electron chi connectivity index (χ4n) is 6.46. The van der Waals surface area contributed by atoms with Gasteiger partial charge in [0, 0.05) is 37.5 Å². The second kappa shape index (κ2) is 14.6. The van der Waals surface area contributed by atoms with Crippen LogP contribution in [0.1, 0.15) is 87.5 Å². The van der Waals surface area contributed by atoms with Crippen molar-refractivity contribution in [2.45, 2.75) is 118 Å². The van der Waals surface area contributed by atoms with Crippen LogP contribution in [0, 0.1) is 11.3 Å². The predicted molar refractivity (Wildman–Crippen MR) is 170 cm³/mol. The molecule has 9 nitrogen and oxygen atoms in total. The van der Waals surface area contributed by atoms with Gasteiger partial charge >= 0.3 is 0 Å². The molecular formula is C32H55N5O4S. The third-order valence-corrected chi connectivity index (χ3v) is 9.97. The zero-order chi connectivity index (χ0) is 31.4. The highest BCUT2D eigenvalue weighted by atomic mass is 32.2. The molecule has 1 N–H and O–H groups in total. The molecular weight excluding hydrogens is 550 g/mol. The first kappa shape index (κ1) is 34.4. The van der Waals surface area contributed by atoms with Crippen molar-refractivity contribution < 1.29 is 19.2 Å². The van der Waals surface area contributed by atoms with E-state index in [9.17, 15) is 19.2 Å². The van der Waals surface area contributed by atoms with Crippen molar-refractivity contribution in [1.82, 2.24) is 24.9 Å². The molecule has 0 radical (unpaired) electrons. The molecule has 0 bridgehead atoms. The second-order valence-corrected chi connectivity index (χ2v) is 15.1. The summed E-state index contributed by atoms with van der Waals surface area (Å²) in [5.74, 6) is 1.31. The van der Waals surface area contributed by atoms with E-state index in [1.54, 1.807) is 35.5 Å². The van der Waals surface area contributed by atoms with Gasteiger partial charge in [0.15, 0.2) is 0 Å². The maximum Gasteiger partial charge on any atom is 0.249 e. The third kappa shape index (κ3) is 8.10. The molecule has 0 aromatic carbocycles. The van der Waals surface area contributed by atoms with Gasteiger partial charge in [0.25, 0.3) is 0 Å². The molecule has 238 valence electrons. The van der Waals surface area contributed by atoms with E-state index in [0.29, 0.717) is 24.4 Å². The van der Waals surface area contributed by atoms with Crippen LogP contribution in [-0.2, 0) is 19.2 Å². The Morgan fingerprint density at radius 2 is 1.62 bits per heavy atom. The van der Waals surface area contributed by atoms with Gasteiger partial charge in [-0.15, -0.1) is 11.8 Å². The number of nitrogens with zero attached hydrogens (tertiary/aromatic N) is 4. The molecule has 4 atom stereocenters. The Morgan fingerprint density at radius 1 is 0.952 bits per heavy atom. The van der Waals surface area contributed by atoms with E-state index >= 15 is 0 Å². The predicted octanol–water partition coefficient (Wildman–Crippen LogP) is 3.73. The SMILES string of the molecule is C/C(=C\[C@H](C(C)C)N(C)C(=O)C(NC(=O)C1CCCCN1C(C)C)C(C)(C)C)C(=O)N1CCCC1C(=O)N1CCSC1. The number of thioether (sulfide) groups is 1. The molecule has 0 aromatic rings. The average Bonchev–Trinajstić information content (AvgIpc) is 3.65. The Hall–Kier alpha value is -2.07. The normalized spacial score (nSPS) is 23.8. The number of piperidine rings is 1. The van der Waals surface area contributed by atoms with Crippen LogP contribution in [0.2, 0.25) is 0 Å². The number of rotatable bonds is 9. The van der Waals surface area contributed by atoms with Crippen molar-refractivity contribution in [2.24, 2.45) is 11.3 Å². The topological polar surface area (TPSA) is 93.3 Å². The van der Waals surface area contributed by atoms with Crippen molar-refractivity contribution in [3.63, 3.8) is 0 Å². The molecule has 3 aliphatic rings. The van der Waals surface area contributed by atoms with Crippen LogP contribution in [0.25, 0.3) is 0 Å². The summed E-state index contributed by atoms with van der Waals surface area (Å²) in [6.45, 7) is 18.2. The highest BCUT2D eigenvalue weighted by Crippen LogP contribution is 2.28. The number of hydrogen-bond donors (Lipinski definition) is 1. The van der Waals surface area contributed by atoms with Crippen molar-refractivity contribution in [1.29, 1.82) is 0 Å². The monoisotopic (exact) mass is 605 g/mol. The summed E-state index contributed by atoms with van der Waals surface area (Å²) in [5, 5.41) is 3.14. The van der Waals surface area contributed by atoms with E-state index in [-0.39, 0.29) is 47.7 Å². The van der Waals surface area contributed by atoms with E-state index in [1.165, 1.54) is 0 Å². The number of likely N-dealkylation sites (tertiary alicyclic amines) is 2. The maximum atomic E-state index is 14.1. The van der Waals surface area contributed by atoms with Gasteiger partial charge in [0.2, 0.25) is 23.6 Å². The lowest BCUT2D eigenvalue weighted by Crippen LogP contribution is -2.60. The first-order valence-electron chi connectivity index (χ1n) is 15.8. The summed E-state index contributed by atoms with van der Waals surface area (Å²) in [5.41, 5.74) is 0.0285. The molecule has 3 unspecified atom stereocenters. The molecule has 0 spiro atoms. The van der Waals surface area contributed by atoms with Gasteiger partial charge in [0.1, 0.15) is 12.1 Å². The summed E-state index contributed by atoms with van der Waals surface area (Å²) in [6, 6.07) is -1.46. The quantitative estimate of drug-likeness (QED) is 0.403. The fraction of sp³-hybridized carbons (Fsp3) is 0.812. The van der Waals surface area contributed by atoms with Crippen LogP contribution >= 0.6 is 11.8 Å². The van der Waals surface area contributed by atoms with Crippen molar-refractivity contribution in [3.8, 4) is 0 Å². The number of nitrogens with one attached hydrogen (secondary N) is 1. The summed E-state index contributed by atoms with van der Waals surface area (Å²) >= 11 is 1.74. The van der Waals surface area contributed by atoms with Gasteiger partial charge < -0.3 is 20.0 Å². The van der Waals surface area contributed by atoms with Crippen LogP contribution in [-0.4, -0.2) is 112 Å². The molecule has 10 heteroatoms. The van der Waals surface area contributed by atoms with Crippen molar-refractivity contribution >= 4 is 35.4 Å². The smallest absolute Gasteiger partial charge is 0.249 e. The van der Waals surface area contributed by atoms with E-state index in [0.717, 1.165) is 44.5 Å². The molecule has 4 amide bonds. The third-order valence-electron chi connectivity index (χ3n) is 9.01. The highest BCUT2D eigenvalue weighted by Gasteiger charge is 2.41.